The van der Waals surface area contributed by atoms with Crippen LogP contribution >= 0.6 is 7.82 Å². The van der Waals surface area contributed by atoms with Crippen molar-refractivity contribution in [2.45, 2.75) is 0 Å². The fraction of sp³-hybridized carbons (Fsp3) is 0. The molecule has 76 valence electrons. The largest absolute Gasteiger partial charge is 1.00 e. The molecule has 0 saturated heterocycles. The minimum absolute atomic E-state index is 0. The molecule has 9 nitrogen and oxygen atoms in total. The van der Waals surface area contributed by atoms with Gasteiger partial charge in [0.2, 0.25) is 0 Å². The van der Waals surface area contributed by atoms with E-state index in [0.29, 0.717) is 0 Å². The quantitative estimate of drug-likeness (QED) is 0.274. The van der Waals surface area contributed by atoms with Crippen LogP contribution in [0.4, 0.5) is 0 Å². The SMILES string of the molecule is O.O.O.O.O.O=P(O)(O)O.[H-].[H-].[Na+].[Na+]. The molecule has 0 aliphatic carbocycles. The van der Waals surface area contributed by atoms with Gasteiger partial charge in [-0.05, 0) is 0 Å². The number of hydrogen-bond acceptors (Lipinski definition) is 1. The normalized spacial score (nSPS) is 4.92. The zero-order valence-corrected chi connectivity index (χ0v) is 11.6. The van der Waals surface area contributed by atoms with Crippen molar-refractivity contribution in [2.24, 2.45) is 0 Å². The van der Waals surface area contributed by atoms with Crippen LogP contribution in [0.2, 0.25) is 0 Å². The third-order valence-electron chi connectivity index (χ3n) is 0. The molecule has 0 unspecified atom stereocenters. The van der Waals surface area contributed by atoms with Crippen LogP contribution in [0.1, 0.15) is 2.85 Å². The van der Waals surface area contributed by atoms with Gasteiger partial charge in [0, 0.05) is 0 Å². The van der Waals surface area contributed by atoms with Gasteiger partial charge in [0.15, 0.2) is 0 Å². The van der Waals surface area contributed by atoms with E-state index in [2.05, 4.69) is 0 Å². The molecule has 0 radical (unpaired) electrons. The third kappa shape index (κ3) is 389. The van der Waals surface area contributed by atoms with Crippen LogP contribution in [0.25, 0.3) is 0 Å². The van der Waals surface area contributed by atoms with Crippen LogP contribution < -0.4 is 59.1 Å². The van der Waals surface area contributed by atoms with E-state index in [1.54, 1.807) is 0 Å². The molecule has 0 amide bonds. The molecule has 13 N–H and O–H groups in total. The van der Waals surface area contributed by atoms with Crippen molar-refractivity contribution in [3.05, 3.63) is 0 Å². The van der Waals surface area contributed by atoms with Crippen molar-refractivity contribution in [3.63, 3.8) is 0 Å². The van der Waals surface area contributed by atoms with E-state index in [1.807, 2.05) is 0 Å². The molecule has 0 aromatic rings. The van der Waals surface area contributed by atoms with Gasteiger partial charge in [0.25, 0.3) is 0 Å². The Balaban J connectivity index is -0.00000000222. The maximum Gasteiger partial charge on any atom is 1.00 e. The van der Waals surface area contributed by atoms with Gasteiger partial charge in [-0.1, -0.05) is 0 Å². The first kappa shape index (κ1) is 66.4. The molecule has 0 bridgehead atoms. The first-order valence-corrected chi connectivity index (χ1v) is 2.35. The first-order valence-electron chi connectivity index (χ1n) is 0.783. The maximum atomic E-state index is 8.88. The van der Waals surface area contributed by atoms with Crippen molar-refractivity contribution >= 4 is 7.82 Å². The summed E-state index contributed by atoms with van der Waals surface area (Å²) in [6.07, 6.45) is 0. The molecule has 0 saturated carbocycles. The Morgan fingerprint density at radius 1 is 0.750 bits per heavy atom. The summed E-state index contributed by atoms with van der Waals surface area (Å²) in [5.74, 6) is 0. The molecule has 12 heavy (non-hydrogen) atoms. The van der Waals surface area contributed by atoms with E-state index >= 15 is 0 Å². The summed E-state index contributed by atoms with van der Waals surface area (Å²) in [5, 5.41) is 0. The Labute approximate surface area is 116 Å². The van der Waals surface area contributed by atoms with E-state index in [1.165, 1.54) is 0 Å². The Morgan fingerprint density at radius 3 is 0.750 bits per heavy atom. The van der Waals surface area contributed by atoms with Crippen molar-refractivity contribution in [3.8, 4) is 0 Å². The number of hydrogen-bond donors (Lipinski definition) is 3. The molecular weight excluding hydrogens is 221 g/mol. The monoisotopic (exact) mass is 236 g/mol. The molecule has 0 aliphatic heterocycles. The van der Waals surface area contributed by atoms with Crippen molar-refractivity contribution in [1.82, 2.24) is 0 Å². The molecule has 0 rings (SSSR count). The van der Waals surface area contributed by atoms with Gasteiger partial charge in [0.1, 0.15) is 0 Å². The van der Waals surface area contributed by atoms with E-state index in [4.69, 9.17) is 19.2 Å². The van der Waals surface area contributed by atoms with Gasteiger partial charge in [0.05, 0.1) is 0 Å². The van der Waals surface area contributed by atoms with Crippen LogP contribution in [0.3, 0.4) is 0 Å². The minimum atomic E-state index is -4.64. The first-order chi connectivity index (χ1) is 2.00. The molecule has 0 fully saturated rings. The summed E-state index contributed by atoms with van der Waals surface area (Å²) < 4.78 is 8.88. The van der Waals surface area contributed by atoms with E-state index in [9.17, 15) is 0 Å². The fourth-order valence-corrected chi connectivity index (χ4v) is 0. The smallest absolute Gasteiger partial charge is 1.00 e. The fourth-order valence-electron chi connectivity index (χ4n) is 0. The molecule has 0 heterocycles. The predicted molar refractivity (Wildman–Crippen MR) is 34.6 cm³/mol. The molecule has 0 aliphatic rings. The van der Waals surface area contributed by atoms with Crippen LogP contribution in [0, 0.1) is 0 Å². The standard InChI is InChI=1S/2Na.H3O4P.5H2O.2H/c;;1-5(2,3)4;;;;;;;/h;;(H3,1,2,3,4);5*1H2;;/q2*+1;;;;;;;2*-1. The van der Waals surface area contributed by atoms with E-state index in [-0.39, 0.29) is 89.3 Å². The number of phosphoric acid groups is 1. The molecule has 0 atom stereocenters. The maximum absolute atomic E-state index is 8.88. The van der Waals surface area contributed by atoms with Crippen LogP contribution in [0.5, 0.6) is 0 Å². The summed E-state index contributed by atoms with van der Waals surface area (Å²) >= 11 is 0. The van der Waals surface area contributed by atoms with Crippen LogP contribution in [0.15, 0.2) is 0 Å². The second-order valence-electron chi connectivity index (χ2n) is 0.513. The Hall–Kier alpha value is 1.91. The van der Waals surface area contributed by atoms with Gasteiger partial charge in [-0.25, -0.2) is 4.57 Å². The minimum Gasteiger partial charge on any atom is -1.00 e. The van der Waals surface area contributed by atoms with Gasteiger partial charge < -0.3 is 44.9 Å². The van der Waals surface area contributed by atoms with Crippen LogP contribution in [-0.4, -0.2) is 42.1 Å². The molecule has 12 heteroatoms. The molecular formula is H15Na2O9P. The van der Waals surface area contributed by atoms with Crippen molar-refractivity contribution < 1.29 is 109 Å². The van der Waals surface area contributed by atoms with E-state index < -0.39 is 7.82 Å². The van der Waals surface area contributed by atoms with Crippen molar-refractivity contribution in [2.75, 3.05) is 0 Å². The van der Waals surface area contributed by atoms with Gasteiger partial charge >= 0.3 is 66.9 Å². The third-order valence-corrected chi connectivity index (χ3v) is 0. The Morgan fingerprint density at radius 2 is 0.750 bits per heavy atom. The van der Waals surface area contributed by atoms with Gasteiger partial charge in [-0.15, -0.1) is 0 Å². The predicted octanol–water partition coefficient (Wildman–Crippen LogP) is -10.8. The average Bonchev–Trinajstić information content (AvgIpc) is 0.722. The van der Waals surface area contributed by atoms with Crippen LogP contribution in [-0.2, 0) is 4.57 Å². The van der Waals surface area contributed by atoms with Crippen molar-refractivity contribution in [1.29, 1.82) is 0 Å². The summed E-state index contributed by atoms with van der Waals surface area (Å²) in [6, 6.07) is 0. The summed E-state index contributed by atoms with van der Waals surface area (Å²) in [6.45, 7) is 0. The Bertz CT molecular complexity index is 66.9. The Kier molecular flexibility index (Phi) is 162. The summed E-state index contributed by atoms with van der Waals surface area (Å²) in [4.78, 5) is 21.6. The zero-order valence-electron chi connectivity index (χ0n) is 8.70. The second-order valence-corrected chi connectivity index (χ2v) is 1.54. The zero-order chi connectivity index (χ0) is 4.50. The summed E-state index contributed by atoms with van der Waals surface area (Å²) in [7, 11) is -4.64. The van der Waals surface area contributed by atoms with E-state index in [0.717, 1.165) is 0 Å². The second kappa shape index (κ2) is 29.3. The summed E-state index contributed by atoms with van der Waals surface area (Å²) in [5.41, 5.74) is 0. The number of rotatable bonds is 0. The molecule has 0 aromatic heterocycles. The van der Waals surface area contributed by atoms with Gasteiger partial charge in [-0.3, -0.25) is 0 Å². The topological polar surface area (TPSA) is 235 Å². The van der Waals surface area contributed by atoms with Gasteiger partial charge in [-0.2, -0.15) is 0 Å². The molecule has 0 spiro atoms. The molecule has 0 aromatic carbocycles. The average molecular weight is 236 g/mol.